The van der Waals surface area contributed by atoms with Crippen molar-refractivity contribution in [3.8, 4) is 0 Å². The lowest BCUT2D eigenvalue weighted by Gasteiger charge is -2.15. The minimum absolute atomic E-state index is 0.194. The summed E-state index contributed by atoms with van der Waals surface area (Å²) in [7, 11) is 3.90. The van der Waals surface area contributed by atoms with E-state index in [4.69, 9.17) is 4.42 Å². The van der Waals surface area contributed by atoms with Crippen LogP contribution in [-0.4, -0.2) is 19.0 Å². The number of benzene rings is 1. The van der Waals surface area contributed by atoms with Crippen LogP contribution >= 0.6 is 0 Å². The molecule has 3 nitrogen and oxygen atoms in total. The number of nitrogens with one attached hydrogen (secondary N) is 1. The van der Waals surface area contributed by atoms with Gasteiger partial charge in [0.2, 0.25) is 0 Å². The first-order valence-electron chi connectivity index (χ1n) is 6.31. The Morgan fingerprint density at radius 3 is 2.79 bits per heavy atom. The summed E-state index contributed by atoms with van der Waals surface area (Å²) in [6, 6.07) is 8.72. The Morgan fingerprint density at radius 1 is 1.21 bits per heavy atom. The van der Waals surface area contributed by atoms with Gasteiger partial charge in [0.25, 0.3) is 0 Å². The average Bonchev–Trinajstić information content (AvgIpc) is 2.77. The van der Waals surface area contributed by atoms with E-state index in [-0.39, 0.29) is 5.82 Å². The van der Waals surface area contributed by atoms with Crippen LogP contribution in [0.5, 0.6) is 0 Å². The van der Waals surface area contributed by atoms with Gasteiger partial charge in [0.1, 0.15) is 11.6 Å². The van der Waals surface area contributed by atoms with E-state index in [2.05, 4.69) is 10.2 Å². The van der Waals surface area contributed by atoms with Crippen LogP contribution in [0, 0.1) is 5.82 Å². The Balaban J connectivity index is 1.91. The Hall–Kier alpha value is -1.65. The van der Waals surface area contributed by atoms with Crippen LogP contribution in [0.4, 0.5) is 4.39 Å². The molecule has 1 aromatic heterocycles. The molecule has 0 unspecified atom stereocenters. The molecular weight excluding hydrogens is 243 g/mol. The molecule has 102 valence electrons. The summed E-state index contributed by atoms with van der Waals surface area (Å²) in [5.41, 5.74) is 2.10. The fraction of sp³-hybridized carbons (Fsp3) is 0.333. The van der Waals surface area contributed by atoms with E-state index in [1.807, 2.05) is 26.2 Å². The maximum atomic E-state index is 13.1. The van der Waals surface area contributed by atoms with Crippen LogP contribution in [0.15, 0.2) is 41.0 Å². The number of hydrogen-bond acceptors (Lipinski definition) is 3. The van der Waals surface area contributed by atoms with Crippen LogP contribution in [-0.2, 0) is 19.6 Å². The zero-order chi connectivity index (χ0) is 13.7. The largest absolute Gasteiger partial charge is 0.468 e. The van der Waals surface area contributed by atoms with E-state index in [9.17, 15) is 4.39 Å². The Kier molecular flexibility index (Phi) is 4.71. The van der Waals surface area contributed by atoms with Gasteiger partial charge in [-0.1, -0.05) is 12.1 Å². The van der Waals surface area contributed by atoms with Crippen molar-refractivity contribution in [1.82, 2.24) is 10.2 Å². The molecule has 0 aliphatic rings. The summed E-state index contributed by atoms with van der Waals surface area (Å²) in [5, 5.41) is 3.08. The SMILES string of the molecule is CNCc1coc(CN(C)Cc2cccc(F)c2)c1. The van der Waals surface area contributed by atoms with Gasteiger partial charge < -0.3 is 9.73 Å². The first kappa shape index (κ1) is 13.8. The smallest absolute Gasteiger partial charge is 0.123 e. The predicted molar refractivity (Wildman–Crippen MR) is 73.0 cm³/mol. The molecule has 0 aliphatic carbocycles. The van der Waals surface area contributed by atoms with Crippen molar-refractivity contribution in [3.05, 3.63) is 59.3 Å². The number of rotatable bonds is 6. The van der Waals surface area contributed by atoms with Gasteiger partial charge in [-0.3, -0.25) is 4.90 Å². The second kappa shape index (κ2) is 6.50. The van der Waals surface area contributed by atoms with Crippen molar-refractivity contribution in [2.75, 3.05) is 14.1 Å². The third kappa shape index (κ3) is 4.19. The highest BCUT2D eigenvalue weighted by molar-refractivity contribution is 5.16. The fourth-order valence-electron chi connectivity index (χ4n) is 2.07. The first-order valence-corrected chi connectivity index (χ1v) is 6.31. The maximum Gasteiger partial charge on any atom is 0.123 e. The molecule has 4 heteroatoms. The summed E-state index contributed by atoms with van der Waals surface area (Å²) in [6.45, 7) is 2.21. The van der Waals surface area contributed by atoms with Crippen LogP contribution in [0.25, 0.3) is 0 Å². The van der Waals surface area contributed by atoms with Crippen LogP contribution < -0.4 is 5.32 Å². The maximum absolute atomic E-state index is 13.1. The number of nitrogens with zero attached hydrogens (tertiary/aromatic N) is 1. The second-order valence-corrected chi connectivity index (χ2v) is 4.75. The molecule has 0 saturated carbocycles. The van der Waals surface area contributed by atoms with Crippen molar-refractivity contribution < 1.29 is 8.81 Å². The molecule has 0 aliphatic heterocycles. The Labute approximate surface area is 113 Å². The van der Waals surface area contributed by atoms with Gasteiger partial charge in [-0.15, -0.1) is 0 Å². The van der Waals surface area contributed by atoms with Gasteiger partial charge in [-0.05, 0) is 37.9 Å². The zero-order valence-corrected chi connectivity index (χ0v) is 11.3. The molecule has 19 heavy (non-hydrogen) atoms. The first-order chi connectivity index (χ1) is 9.17. The molecule has 1 aromatic carbocycles. The Bertz CT molecular complexity index is 524. The van der Waals surface area contributed by atoms with E-state index >= 15 is 0 Å². The minimum Gasteiger partial charge on any atom is -0.468 e. The van der Waals surface area contributed by atoms with E-state index < -0.39 is 0 Å². The highest BCUT2D eigenvalue weighted by atomic mass is 19.1. The summed E-state index contributed by atoms with van der Waals surface area (Å²) in [6.07, 6.45) is 1.77. The normalized spacial score (nSPS) is 11.2. The molecule has 1 heterocycles. The molecule has 0 radical (unpaired) electrons. The van der Waals surface area contributed by atoms with Gasteiger partial charge in [0.05, 0.1) is 12.8 Å². The third-order valence-electron chi connectivity index (χ3n) is 2.86. The van der Waals surface area contributed by atoms with Crippen molar-refractivity contribution in [1.29, 1.82) is 0 Å². The molecule has 0 amide bonds. The molecule has 0 fully saturated rings. The summed E-state index contributed by atoms with van der Waals surface area (Å²) >= 11 is 0. The fourth-order valence-corrected chi connectivity index (χ4v) is 2.07. The van der Waals surface area contributed by atoms with E-state index in [1.165, 1.54) is 6.07 Å². The van der Waals surface area contributed by atoms with Crippen molar-refractivity contribution in [2.45, 2.75) is 19.6 Å². The van der Waals surface area contributed by atoms with Gasteiger partial charge in [0, 0.05) is 18.7 Å². The highest BCUT2D eigenvalue weighted by Gasteiger charge is 2.06. The summed E-state index contributed by atoms with van der Waals surface area (Å²) < 4.78 is 18.6. The molecule has 0 bridgehead atoms. The number of halogens is 1. The van der Waals surface area contributed by atoms with E-state index in [1.54, 1.807) is 18.4 Å². The molecule has 0 atom stereocenters. The third-order valence-corrected chi connectivity index (χ3v) is 2.86. The molecule has 2 aromatic rings. The Morgan fingerprint density at radius 2 is 2.05 bits per heavy atom. The topological polar surface area (TPSA) is 28.4 Å². The van der Waals surface area contributed by atoms with Crippen molar-refractivity contribution in [3.63, 3.8) is 0 Å². The lowest BCUT2D eigenvalue weighted by atomic mass is 10.2. The summed E-state index contributed by atoms with van der Waals surface area (Å²) in [5.74, 6) is 0.726. The molecular formula is C15H19FN2O. The molecule has 0 spiro atoms. The number of hydrogen-bond donors (Lipinski definition) is 1. The van der Waals surface area contributed by atoms with Gasteiger partial charge >= 0.3 is 0 Å². The quantitative estimate of drug-likeness (QED) is 0.867. The van der Waals surface area contributed by atoms with Crippen LogP contribution in [0.2, 0.25) is 0 Å². The lowest BCUT2D eigenvalue weighted by molar-refractivity contribution is 0.287. The molecule has 1 N–H and O–H groups in total. The van der Waals surface area contributed by atoms with Gasteiger partial charge in [-0.2, -0.15) is 0 Å². The van der Waals surface area contributed by atoms with Gasteiger partial charge in [-0.25, -0.2) is 4.39 Å². The van der Waals surface area contributed by atoms with Crippen LogP contribution in [0.1, 0.15) is 16.9 Å². The number of furan rings is 1. The van der Waals surface area contributed by atoms with Crippen LogP contribution in [0.3, 0.4) is 0 Å². The van der Waals surface area contributed by atoms with E-state index in [0.717, 1.165) is 23.4 Å². The monoisotopic (exact) mass is 262 g/mol. The molecule has 2 rings (SSSR count). The van der Waals surface area contributed by atoms with Crippen molar-refractivity contribution >= 4 is 0 Å². The average molecular weight is 262 g/mol. The minimum atomic E-state index is -0.194. The standard InChI is InChI=1S/C15H19FN2O/c1-17-8-13-7-15(19-11-13)10-18(2)9-12-4-3-5-14(16)6-12/h3-7,11,17H,8-10H2,1-2H3. The van der Waals surface area contributed by atoms with Crippen molar-refractivity contribution in [2.24, 2.45) is 0 Å². The van der Waals surface area contributed by atoms with E-state index in [0.29, 0.717) is 13.1 Å². The second-order valence-electron chi connectivity index (χ2n) is 4.75. The lowest BCUT2D eigenvalue weighted by Crippen LogP contribution is -2.16. The highest BCUT2D eigenvalue weighted by Crippen LogP contribution is 2.12. The predicted octanol–water partition coefficient (Wildman–Crippen LogP) is 2.77. The zero-order valence-electron chi connectivity index (χ0n) is 11.3. The van der Waals surface area contributed by atoms with Gasteiger partial charge in [0.15, 0.2) is 0 Å². The summed E-state index contributed by atoms with van der Waals surface area (Å²) in [4.78, 5) is 2.09. The molecule has 0 saturated heterocycles.